The standard InChI is InChI=1S/C13H17ClN2O2/c1-8-5-12(14)11(7-15-8)13(18)16-9-3-2-4-10(17)6-9/h5,7,9-10,17H,2-4,6H2,1H3,(H,16,18). The van der Waals surface area contributed by atoms with Gasteiger partial charge in [-0.25, -0.2) is 0 Å². The number of hydrogen-bond donors (Lipinski definition) is 2. The van der Waals surface area contributed by atoms with E-state index in [-0.39, 0.29) is 18.1 Å². The minimum atomic E-state index is -0.310. The van der Waals surface area contributed by atoms with Crippen molar-refractivity contribution >= 4 is 17.5 Å². The molecule has 98 valence electrons. The van der Waals surface area contributed by atoms with Gasteiger partial charge in [-0.15, -0.1) is 0 Å². The van der Waals surface area contributed by atoms with Gasteiger partial charge in [-0.2, -0.15) is 0 Å². The van der Waals surface area contributed by atoms with Gasteiger partial charge in [0.05, 0.1) is 16.7 Å². The van der Waals surface area contributed by atoms with Crippen molar-refractivity contribution in [2.45, 2.75) is 44.8 Å². The van der Waals surface area contributed by atoms with Crippen LogP contribution < -0.4 is 5.32 Å². The summed E-state index contributed by atoms with van der Waals surface area (Å²) in [5, 5.41) is 12.9. The lowest BCUT2D eigenvalue weighted by Gasteiger charge is -2.26. The van der Waals surface area contributed by atoms with Crippen molar-refractivity contribution in [2.75, 3.05) is 0 Å². The average Bonchev–Trinajstić information content (AvgIpc) is 2.28. The first-order chi connectivity index (χ1) is 8.56. The Hall–Kier alpha value is -1.13. The van der Waals surface area contributed by atoms with Gasteiger partial charge in [0, 0.05) is 17.9 Å². The number of nitrogens with one attached hydrogen (secondary N) is 1. The van der Waals surface area contributed by atoms with Crippen LogP contribution in [0.25, 0.3) is 0 Å². The van der Waals surface area contributed by atoms with Crippen LogP contribution in [-0.2, 0) is 0 Å². The Balaban J connectivity index is 2.03. The molecule has 1 aliphatic rings. The number of aryl methyl sites for hydroxylation is 1. The summed E-state index contributed by atoms with van der Waals surface area (Å²) in [7, 11) is 0. The molecule has 0 aliphatic heterocycles. The second-order valence-electron chi connectivity index (χ2n) is 4.80. The van der Waals surface area contributed by atoms with Crippen molar-refractivity contribution in [3.63, 3.8) is 0 Å². The van der Waals surface area contributed by atoms with E-state index in [0.717, 1.165) is 25.0 Å². The molecule has 18 heavy (non-hydrogen) atoms. The van der Waals surface area contributed by atoms with Crippen molar-refractivity contribution < 1.29 is 9.90 Å². The third-order valence-electron chi connectivity index (χ3n) is 3.22. The monoisotopic (exact) mass is 268 g/mol. The van der Waals surface area contributed by atoms with Crippen molar-refractivity contribution in [3.8, 4) is 0 Å². The lowest BCUT2D eigenvalue weighted by molar-refractivity contribution is 0.0849. The summed E-state index contributed by atoms with van der Waals surface area (Å²) in [6.45, 7) is 1.82. The van der Waals surface area contributed by atoms with Crippen LogP contribution in [0.2, 0.25) is 5.02 Å². The highest BCUT2D eigenvalue weighted by Crippen LogP contribution is 2.20. The molecule has 1 aromatic heterocycles. The van der Waals surface area contributed by atoms with Crippen LogP contribution in [0.15, 0.2) is 12.3 Å². The molecule has 2 unspecified atom stereocenters. The lowest BCUT2D eigenvalue weighted by atomic mass is 9.93. The largest absolute Gasteiger partial charge is 0.393 e. The number of halogens is 1. The predicted molar refractivity (Wildman–Crippen MR) is 69.7 cm³/mol. The molecule has 0 spiro atoms. The van der Waals surface area contributed by atoms with Gasteiger partial charge in [0.1, 0.15) is 0 Å². The third kappa shape index (κ3) is 3.21. The quantitative estimate of drug-likeness (QED) is 0.863. The molecule has 1 fully saturated rings. The molecule has 2 N–H and O–H groups in total. The SMILES string of the molecule is Cc1cc(Cl)c(C(=O)NC2CCCC(O)C2)cn1. The summed E-state index contributed by atoms with van der Waals surface area (Å²) >= 11 is 6.02. The molecule has 1 saturated carbocycles. The fraction of sp³-hybridized carbons (Fsp3) is 0.538. The van der Waals surface area contributed by atoms with Crippen molar-refractivity contribution in [2.24, 2.45) is 0 Å². The number of carbonyl (C=O) groups is 1. The number of pyridine rings is 1. The highest BCUT2D eigenvalue weighted by atomic mass is 35.5. The molecule has 1 heterocycles. The molecule has 0 aromatic carbocycles. The molecule has 2 atom stereocenters. The average molecular weight is 269 g/mol. The normalized spacial score (nSPS) is 23.7. The van der Waals surface area contributed by atoms with Crippen LogP contribution >= 0.6 is 11.6 Å². The summed E-state index contributed by atoms with van der Waals surface area (Å²) in [6.07, 6.45) is 4.45. The molecular weight excluding hydrogens is 252 g/mol. The van der Waals surface area contributed by atoms with Crippen molar-refractivity contribution in [1.82, 2.24) is 10.3 Å². The first-order valence-corrected chi connectivity index (χ1v) is 6.55. The molecule has 4 nitrogen and oxygen atoms in total. The number of rotatable bonds is 2. The second-order valence-corrected chi connectivity index (χ2v) is 5.20. The third-order valence-corrected chi connectivity index (χ3v) is 3.53. The Morgan fingerprint density at radius 2 is 2.33 bits per heavy atom. The Bertz CT molecular complexity index is 451. The summed E-state index contributed by atoms with van der Waals surface area (Å²) in [6, 6.07) is 1.70. The van der Waals surface area contributed by atoms with Crippen molar-refractivity contribution in [1.29, 1.82) is 0 Å². The van der Waals surface area contributed by atoms with E-state index in [4.69, 9.17) is 11.6 Å². The van der Waals surface area contributed by atoms with Gasteiger partial charge < -0.3 is 10.4 Å². The van der Waals surface area contributed by atoms with E-state index in [0.29, 0.717) is 17.0 Å². The molecule has 1 aliphatic carbocycles. The van der Waals surface area contributed by atoms with E-state index in [1.165, 1.54) is 6.20 Å². The highest BCUT2D eigenvalue weighted by molar-refractivity contribution is 6.33. The number of aromatic nitrogens is 1. The molecule has 1 aromatic rings. The van der Waals surface area contributed by atoms with Gasteiger partial charge in [-0.3, -0.25) is 9.78 Å². The smallest absolute Gasteiger partial charge is 0.254 e. The first kappa shape index (κ1) is 13.3. The maximum atomic E-state index is 12.0. The Morgan fingerprint density at radius 3 is 3.00 bits per heavy atom. The highest BCUT2D eigenvalue weighted by Gasteiger charge is 2.22. The van der Waals surface area contributed by atoms with Crippen LogP contribution in [0.4, 0.5) is 0 Å². The molecule has 0 bridgehead atoms. The summed E-state index contributed by atoms with van der Waals surface area (Å²) in [5.74, 6) is -0.216. The fourth-order valence-corrected chi connectivity index (χ4v) is 2.54. The van der Waals surface area contributed by atoms with Gasteiger partial charge in [0.2, 0.25) is 0 Å². The van der Waals surface area contributed by atoms with Crippen LogP contribution in [0, 0.1) is 6.92 Å². The van der Waals surface area contributed by atoms with Gasteiger partial charge in [-0.05, 0) is 38.7 Å². The molecular formula is C13H17ClN2O2. The number of amides is 1. The van der Waals surface area contributed by atoms with E-state index < -0.39 is 0 Å². The Labute approximate surface area is 111 Å². The molecule has 5 heteroatoms. The maximum absolute atomic E-state index is 12.0. The first-order valence-electron chi connectivity index (χ1n) is 6.17. The van der Waals surface area contributed by atoms with Gasteiger partial charge in [-0.1, -0.05) is 11.6 Å². The maximum Gasteiger partial charge on any atom is 0.254 e. The Morgan fingerprint density at radius 1 is 1.56 bits per heavy atom. The molecule has 0 saturated heterocycles. The summed E-state index contributed by atoms with van der Waals surface area (Å²) in [4.78, 5) is 16.1. The molecule has 0 radical (unpaired) electrons. The van der Waals surface area contributed by atoms with Crippen LogP contribution in [0.3, 0.4) is 0 Å². The zero-order chi connectivity index (χ0) is 13.1. The van der Waals surface area contributed by atoms with E-state index in [9.17, 15) is 9.90 Å². The number of hydrogen-bond acceptors (Lipinski definition) is 3. The van der Waals surface area contributed by atoms with Crippen LogP contribution in [-0.4, -0.2) is 28.1 Å². The zero-order valence-electron chi connectivity index (χ0n) is 10.3. The summed E-state index contributed by atoms with van der Waals surface area (Å²) in [5.41, 5.74) is 1.17. The van der Waals surface area contributed by atoms with Crippen molar-refractivity contribution in [3.05, 3.63) is 28.5 Å². The van der Waals surface area contributed by atoms with Crippen LogP contribution in [0.1, 0.15) is 41.7 Å². The van der Waals surface area contributed by atoms with Crippen LogP contribution in [0.5, 0.6) is 0 Å². The lowest BCUT2D eigenvalue weighted by Crippen LogP contribution is -2.39. The van der Waals surface area contributed by atoms with Gasteiger partial charge in [0.15, 0.2) is 0 Å². The predicted octanol–water partition coefficient (Wildman–Crippen LogP) is 2.08. The number of aliphatic hydroxyl groups excluding tert-OH is 1. The number of nitrogens with zero attached hydrogens (tertiary/aromatic N) is 1. The number of carbonyl (C=O) groups excluding carboxylic acids is 1. The topological polar surface area (TPSA) is 62.2 Å². The van der Waals surface area contributed by atoms with Gasteiger partial charge >= 0.3 is 0 Å². The minimum absolute atomic E-state index is 0.0265. The van der Waals surface area contributed by atoms with E-state index in [1.807, 2.05) is 6.92 Å². The Kier molecular flexibility index (Phi) is 4.19. The number of aliphatic hydroxyl groups is 1. The van der Waals surface area contributed by atoms with E-state index in [2.05, 4.69) is 10.3 Å². The molecule has 2 rings (SSSR count). The minimum Gasteiger partial charge on any atom is -0.393 e. The van der Waals surface area contributed by atoms with Gasteiger partial charge in [0.25, 0.3) is 5.91 Å². The fourth-order valence-electron chi connectivity index (χ4n) is 2.25. The van der Waals surface area contributed by atoms with E-state index >= 15 is 0 Å². The second kappa shape index (κ2) is 5.67. The summed E-state index contributed by atoms with van der Waals surface area (Å²) < 4.78 is 0. The molecule has 1 amide bonds. The zero-order valence-corrected chi connectivity index (χ0v) is 11.1. The van der Waals surface area contributed by atoms with E-state index in [1.54, 1.807) is 6.07 Å².